The number of carboxylic acids is 1. The Morgan fingerprint density at radius 2 is 1.65 bits per heavy atom. The Morgan fingerprint density at radius 3 is 2.29 bits per heavy atom. The van der Waals surface area contributed by atoms with Gasteiger partial charge in [-0.2, -0.15) is 0 Å². The molecule has 162 valence electrons. The normalized spacial score (nSPS) is 23.0. The van der Waals surface area contributed by atoms with E-state index in [2.05, 4.69) is 0 Å². The Kier molecular flexibility index (Phi) is 7.73. The lowest BCUT2D eigenvalue weighted by Gasteiger charge is -2.21. The Bertz CT molecular complexity index is 922. The minimum Gasteiger partial charge on any atom is -0.481 e. The number of ether oxygens (including phenoxy) is 1. The second-order valence-electron chi connectivity index (χ2n) is 7.76. The molecular weight excluding hydrogens is 396 g/mol. The van der Waals surface area contributed by atoms with Crippen LogP contribution in [-0.2, 0) is 20.7 Å². The Hall–Kier alpha value is -3.25. The summed E-state index contributed by atoms with van der Waals surface area (Å²) in [5.41, 5.74) is 1.43. The number of aliphatic carboxylic acids is 1. The molecule has 1 saturated carbocycles. The first-order chi connectivity index (χ1) is 14.9. The van der Waals surface area contributed by atoms with E-state index in [0.717, 1.165) is 5.56 Å². The average molecular weight is 422 g/mol. The first kappa shape index (κ1) is 22.4. The highest BCUT2D eigenvalue weighted by atomic mass is 16.5. The standard InChI is InChI=1S/C25H26O6/c26-19(12-11-17-7-3-1-4-8-17)13-14-20-21(15-24(28)29)22(27)16-23(20)31-25(30)18-9-5-2-6-10-18/h1-10,13-14,20-23,27H,11-12,15-16H2,(H,28,29)/t20-,21-,22+,23-/m0/s1. The van der Waals surface area contributed by atoms with Gasteiger partial charge in [0.1, 0.15) is 6.10 Å². The third-order valence-electron chi connectivity index (χ3n) is 5.58. The van der Waals surface area contributed by atoms with E-state index in [1.165, 1.54) is 6.08 Å². The molecule has 0 amide bonds. The van der Waals surface area contributed by atoms with Gasteiger partial charge in [-0.15, -0.1) is 0 Å². The van der Waals surface area contributed by atoms with Gasteiger partial charge in [0.2, 0.25) is 0 Å². The van der Waals surface area contributed by atoms with Gasteiger partial charge in [0.25, 0.3) is 0 Å². The maximum absolute atomic E-state index is 12.5. The fourth-order valence-corrected chi connectivity index (χ4v) is 3.96. The third-order valence-corrected chi connectivity index (χ3v) is 5.58. The van der Waals surface area contributed by atoms with Crippen LogP contribution < -0.4 is 0 Å². The molecule has 1 fully saturated rings. The van der Waals surface area contributed by atoms with Crippen molar-refractivity contribution >= 4 is 17.7 Å². The first-order valence-corrected chi connectivity index (χ1v) is 10.3. The summed E-state index contributed by atoms with van der Waals surface area (Å²) < 4.78 is 5.60. The van der Waals surface area contributed by atoms with Crippen molar-refractivity contribution in [3.8, 4) is 0 Å². The number of rotatable bonds is 9. The molecule has 0 radical (unpaired) electrons. The molecule has 4 atom stereocenters. The van der Waals surface area contributed by atoms with Crippen LogP contribution in [0.5, 0.6) is 0 Å². The molecule has 2 aromatic carbocycles. The molecule has 0 heterocycles. The summed E-state index contributed by atoms with van der Waals surface area (Å²) in [6, 6.07) is 18.1. The quantitative estimate of drug-likeness (QED) is 0.474. The number of carbonyl (C=O) groups excluding carboxylic acids is 2. The lowest BCUT2D eigenvalue weighted by Crippen LogP contribution is -2.26. The van der Waals surface area contributed by atoms with Crippen LogP contribution in [0.2, 0.25) is 0 Å². The van der Waals surface area contributed by atoms with E-state index in [4.69, 9.17) is 4.74 Å². The second kappa shape index (κ2) is 10.7. The molecule has 2 aromatic rings. The van der Waals surface area contributed by atoms with Crippen molar-refractivity contribution in [1.29, 1.82) is 0 Å². The van der Waals surface area contributed by atoms with E-state index < -0.39 is 36.0 Å². The topological polar surface area (TPSA) is 101 Å². The molecule has 0 spiro atoms. The van der Waals surface area contributed by atoms with Crippen LogP contribution in [0.25, 0.3) is 0 Å². The fourth-order valence-electron chi connectivity index (χ4n) is 3.96. The van der Waals surface area contributed by atoms with E-state index in [1.807, 2.05) is 30.3 Å². The number of aliphatic hydroxyl groups is 1. The van der Waals surface area contributed by atoms with Gasteiger partial charge in [-0.3, -0.25) is 9.59 Å². The van der Waals surface area contributed by atoms with Crippen LogP contribution >= 0.6 is 0 Å². The van der Waals surface area contributed by atoms with E-state index in [0.29, 0.717) is 18.4 Å². The zero-order chi connectivity index (χ0) is 22.2. The predicted molar refractivity (Wildman–Crippen MR) is 114 cm³/mol. The number of aryl methyl sites for hydroxylation is 1. The van der Waals surface area contributed by atoms with Gasteiger partial charge in [0.15, 0.2) is 5.78 Å². The highest BCUT2D eigenvalue weighted by molar-refractivity contribution is 5.90. The third kappa shape index (κ3) is 6.36. The summed E-state index contributed by atoms with van der Waals surface area (Å²) in [5, 5.41) is 19.6. The maximum atomic E-state index is 12.5. The van der Waals surface area contributed by atoms with Gasteiger partial charge in [0.05, 0.1) is 18.1 Å². The smallest absolute Gasteiger partial charge is 0.338 e. The summed E-state index contributed by atoms with van der Waals surface area (Å²) in [7, 11) is 0. The molecule has 0 unspecified atom stereocenters. The minimum atomic E-state index is -1.05. The van der Waals surface area contributed by atoms with Crippen LogP contribution in [0.3, 0.4) is 0 Å². The Labute approximate surface area is 181 Å². The number of carbonyl (C=O) groups is 3. The maximum Gasteiger partial charge on any atom is 0.338 e. The van der Waals surface area contributed by atoms with Crippen molar-refractivity contribution in [2.24, 2.45) is 11.8 Å². The first-order valence-electron chi connectivity index (χ1n) is 10.3. The summed E-state index contributed by atoms with van der Waals surface area (Å²) in [5.74, 6) is -2.88. The average Bonchev–Trinajstić information content (AvgIpc) is 3.05. The molecule has 31 heavy (non-hydrogen) atoms. The number of hydrogen-bond donors (Lipinski definition) is 2. The van der Waals surface area contributed by atoms with Gasteiger partial charge in [0, 0.05) is 24.7 Å². The summed E-state index contributed by atoms with van der Waals surface area (Å²) in [6.07, 6.45) is 2.15. The van der Waals surface area contributed by atoms with Gasteiger partial charge < -0.3 is 14.9 Å². The molecule has 0 aliphatic heterocycles. The zero-order valence-corrected chi connectivity index (χ0v) is 17.1. The highest BCUT2D eigenvalue weighted by Crippen LogP contribution is 2.38. The molecule has 1 aliphatic carbocycles. The molecule has 2 N–H and O–H groups in total. The van der Waals surface area contributed by atoms with Crippen molar-refractivity contribution in [3.63, 3.8) is 0 Å². The van der Waals surface area contributed by atoms with Crippen molar-refractivity contribution in [3.05, 3.63) is 83.9 Å². The number of hydrogen-bond acceptors (Lipinski definition) is 5. The SMILES string of the molecule is O=C(O)C[C@H]1[C@H](C=CC(=O)CCc2ccccc2)[C@@H](OC(=O)c2ccccc2)C[C@H]1O. The summed E-state index contributed by atoms with van der Waals surface area (Å²) >= 11 is 0. The molecule has 0 aromatic heterocycles. The fraction of sp³-hybridized carbons (Fsp3) is 0.320. The van der Waals surface area contributed by atoms with Crippen molar-refractivity contribution in [2.75, 3.05) is 0 Å². The van der Waals surface area contributed by atoms with Gasteiger partial charge in [-0.25, -0.2) is 4.79 Å². The Morgan fingerprint density at radius 1 is 1.00 bits per heavy atom. The van der Waals surface area contributed by atoms with E-state index in [1.54, 1.807) is 36.4 Å². The van der Waals surface area contributed by atoms with Gasteiger partial charge in [-0.1, -0.05) is 54.6 Å². The highest BCUT2D eigenvalue weighted by Gasteiger charge is 2.44. The van der Waals surface area contributed by atoms with E-state index in [-0.39, 0.29) is 18.6 Å². The summed E-state index contributed by atoms with van der Waals surface area (Å²) in [4.78, 5) is 36.1. The summed E-state index contributed by atoms with van der Waals surface area (Å²) in [6.45, 7) is 0. The number of aliphatic hydroxyl groups excluding tert-OH is 1. The predicted octanol–water partition coefficient (Wildman–Crippen LogP) is 3.44. The Balaban J connectivity index is 1.69. The van der Waals surface area contributed by atoms with E-state index in [9.17, 15) is 24.6 Å². The molecule has 6 nitrogen and oxygen atoms in total. The van der Waals surface area contributed by atoms with Crippen LogP contribution in [0, 0.1) is 11.8 Å². The van der Waals surface area contributed by atoms with Crippen molar-refractivity contribution < 1.29 is 29.3 Å². The van der Waals surface area contributed by atoms with E-state index >= 15 is 0 Å². The number of esters is 1. The lowest BCUT2D eigenvalue weighted by molar-refractivity contribution is -0.139. The monoisotopic (exact) mass is 422 g/mol. The largest absolute Gasteiger partial charge is 0.481 e. The molecular formula is C25H26O6. The molecule has 0 saturated heterocycles. The molecule has 6 heteroatoms. The number of benzene rings is 2. The van der Waals surface area contributed by atoms with Crippen LogP contribution in [0.15, 0.2) is 72.8 Å². The van der Waals surface area contributed by atoms with Crippen molar-refractivity contribution in [1.82, 2.24) is 0 Å². The van der Waals surface area contributed by atoms with Crippen LogP contribution in [-0.4, -0.2) is 40.1 Å². The molecule has 1 aliphatic rings. The minimum absolute atomic E-state index is 0.104. The van der Waals surface area contributed by atoms with Gasteiger partial charge in [-0.05, 0) is 30.2 Å². The van der Waals surface area contributed by atoms with Crippen LogP contribution in [0.1, 0.15) is 35.2 Å². The van der Waals surface area contributed by atoms with Crippen LogP contribution in [0.4, 0.5) is 0 Å². The molecule has 0 bridgehead atoms. The molecule has 3 rings (SSSR count). The zero-order valence-electron chi connectivity index (χ0n) is 17.1. The van der Waals surface area contributed by atoms with Crippen molar-refractivity contribution in [2.45, 2.75) is 37.9 Å². The van der Waals surface area contributed by atoms with Gasteiger partial charge >= 0.3 is 11.9 Å². The number of ketones is 1. The lowest BCUT2D eigenvalue weighted by atomic mass is 9.89. The number of carboxylic acid groups (broad SMARTS) is 1. The second-order valence-corrected chi connectivity index (χ2v) is 7.76. The number of allylic oxidation sites excluding steroid dienone is 1.